The lowest BCUT2D eigenvalue weighted by molar-refractivity contribution is 0.950. The van der Waals surface area contributed by atoms with Gasteiger partial charge in [-0.05, 0) is 6.92 Å². The molecule has 11 heavy (non-hydrogen) atoms. The average Bonchev–Trinajstić information content (AvgIpc) is 1.90. The van der Waals surface area contributed by atoms with Gasteiger partial charge < -0.3 is 0 Å². The van der Waals surface area contributed by atoms with Crippen LogP contribution in [0.4, 0.5) is 0 Å². The molecule has 0 amide bonds. The highest BCUT2D eigenvalue weighted by Gasteiger charge is 2.22. The van der Waals surface area contributed by atoms with E-state index in [9.17, 15) is 0 Å². The average molecular weight is 161 g/mol. The summed E-state index contributed by atoms with van der Waals surface area (Å²) in [6, 6.07) is 11.9. The first-order valence-corrected chi connectivity index (χ1v) is 6.20. The van der Waals surface area contributed by atoms with Gasteiger partial charge >= 0.3 is 0 Å². The van der Waals surface area contributed by atoms with Crippen LogP contribution in [0.2, 0.25) is 12.1 Å². The molecule has 0 aliphatic carbocycles. The number of hydrogen-bond acceptors (Lipinski definition) is 0. The Balaban J connectivity index is 2.28. The molecule has 0 nitrogen and oxygen atoms in total. The van der Waals surface area contributed by atoms with Gasteiger partial charge in [-0.25, -0.2) is 0 Å². The summed E-state index contributed by atoms with van der Waals surface area (Å²) in [5, 5.41) is 1.68. The second kappa shape index (κ2) is 2.82. The summed E-state index contributed by atoms with van der Waals surface area (Å²) >= 11 is 0. The predicted octanol–water partition coefficient (Wildman–Crippen LogP) is 2.10. The summed E-state index contributed by atoms with van der Waals surface area (Å²) in [7, 11) is -0.0561. The van der Waals surface area contributed by atoms with Crippen molar-refractivity contribution in [3.05, 3.63) is 29.8 Å². The van der Waals surface area contributed by atoms with Crippen molar-refractivity contribution in [2.45, 2.75) is 25.4 Å². The predicted molar refractivity (Wildman–Crippen MR) is 50.8 cm³/mol. The monoisotopic (exact) mass is 161 g/mol. The lowest BCUT2D eigenvalue weighted by Crippen LogP contribution is -2.37. The van der Waals surface area contributed by atoms with Gasteiger partial charge in [0.05, 0.1) is 8.80 Å². The second-order valence-corrected chi connectivity index (χ2v) is 6.02. The minimum Gasteiger partial charge on any atom is -0.0630 e. The molecule has 0 unspecified atom stereocenters. The van der Waals surface area contributed by atoms with Gasteiger partial charge in [0, 0.05) is 0 Å². The van der Waals surface area contributed by atoms with Gasteiger partial charge in [-0.15, -0.1) is 0 Å². The summed E-state index contributed by atoms with van der Waals surface area (Å²) in [5.41, 5.74) is 1.51. The molecule has 57 valence electrons. The molecule has 1 aromatic rings. The maximum absolute atomic E-state index is 2.32. The van der Waals surface area contributed by atoms with Crippen molar-refractivity contribution >= 4 is 14.0 Å². The largest absolute Gasteiger partial charge is 0.0859 e. The fourth-order valence-corrected chi connectivity index (χ4v) is 3.81. The molecule has 1 radical (unpaired) electrons. The number of benzene rings is 1. The minimum absolute atomic E-state index is 0.0561. The van der Waals surface area contributed by atoms with Crippen LogP contribution in [0.5, 0.6) is 0 Å². The van der Waals surface area contributed by atoms with Crippen LogP contribution in [0.15, 0.2) is 24.3 Å². The lowest BCUT2D eigenvalue weighted by Gasteiger charge is -2.25. The SMILES string of the molecule is Cc1ccccc1[Si]1CCC1. The van der Waals surface area contributed by atoms with Crippen LogP contribution in [-0.4, -0.2) is 8.80 Å². The van der Waals surface area contributed by atoms with Crippen LogP contribution in [0.25, 0.3) is 0 Å². The van der Waals surface area contributed by atoms with Gasteiger partial charge in [-0.1, -0.05) is 53.5 Å². The maximum Gasteiger partial charge on any atom is 0.0859 e. The third kappa shape index (κ3) is 1.25. The van der Waals surface area contributed by atoms with E-state index in [-0.39, 0.29) is 8.80 Å². The van der Waals surface area contributed by atoms with Gasteiger partial charge in [0.15, 0.2) is 0 Å². The van der Waals surface area contributed by atoms with Crippen molar-refractivity contribution in [3.8, 4) is 0 Å². The van der Waals surface area contributed by atoms with Crippen LogP contribution in [-0.2, 0) is 0 Å². The Hall–Kier alpha value is -0.563. The van der Waals surface area contributed by atoms with Crippen LogP contribution in [0.1, 0.15) is 12.0 Å². The third-order valence-corrected chi connectivity index (χ3v) is 5.72. The van der Waals surface area contributed by atoms with E-state index in [1.807, 2.05) is 0 Å². The first-order valence-electron chi connectivity index (χ1n) is 4.28. The molecular weight excluding hydrogens is 148 g/mol. The van der Waals surface area contributed by atoms with Gasteiger partial charge in [-0.2, -0.15) is 0 Å². The zero-order chi connectivity index (χ0) is 7.68. The quantitative estimate of drug-likeness (QED) is 0.553. The van der Waals surface area contributed by atoms with E-state index in [0.29, 0.717) is 0 Å². The number of aryl methyl sites for hydroxylation is 1. The summed E-state index contributed by atoms with van der Waals surface area (Å²) in [6.07, 6.45) is 1.47. The van der Waals surface area contributed by atoms with Crippen molar-refractivity contribution in [3.63, 3.8) is 0 Å². The highest BCUT2D eigenvalue weighted by molar-refractivity contribution is 6.75. The van der Waals surface area contributed by atoms with Crippen molar-refractivity contribution in [1.29, 1.82) is 0 Å². The van der Waals surface area contributed by atoms with Gasteiger partial charge in [0.25, 0.3) is 0 Å². The van der Waals surface area contributed by atoms with Crippen LogP contribution in [0.3, 0.4) is 0 Å². The van der Waals surface area contributed by atoms with Crippen molar-refractivity contribution in [1.82, 2.24) is 0 Å². The molecule has 1 aromatic carbocycles. The molecule has 0 aromatic heterocycles. The molecular formula is C10H13Si. The van der Waals surface area contributed by atoms with Crippen LogP contribution >= 0.6 is 0 Å². The highest BCUT2D eigenvalue weighted by atomic mass is 28.3. The van der Waals surface area contributed by atoms with Gasteiger partial charge in [-0.3, -0.25) is 0 Å². The fraction of sp³-hybridized carbons (Fsp3) is 0.400. The Morgan fingerprint density at radius 3 is 2.45 bits per heavy atom. The standard InChI is InChI=1S/C10H13Si/c1-9-5-2-3-6-10(9)11-7-4-8-11/h2-3,5-6H,4,7-8H2,1H3. The van der Waals surface area contributed by atoms with Gasteiger partial charge in [0.1, 0.15) is 0 Å². The Bertz CT molecular complexity index is 251. The molecule has 0 spiro atoms. The Kier molecular flexibility index (Phi) is 1.82. The van der Waals surface area contributed by atoms with E-state index in [2.05, 4.69) is 31.2 Å². The maximum atomic E-state index is 2.32. The first-order chi connectivity index (χ1) is 5.38. The van der Waals surface area contributed by atoms with E-state index in [4.69, 9.17) is 0 Å². The Labute approximate surface area is 69.9 Å². The number of rotatable bonds is 1. The molecule has 1 heteroatoms. The molecule has 0 bridgehead atoms. The molecule has 1 heterocycles. The second-order valence-electron chi connectivity index (χ2n) is 3.27. The molecule has 0 saturated carbocycles. The summed E-state index contributed by atoms with van der Waals surface area (Å²) in [4.78, 5) is 0. The smallest absolute Gasteiger partial charge is 0.0630 e. The van der Waals surface area contributed by atoms with E-state index < -0.39 is 0 Å². The third-order valence-electron chi connectivity index (χ3n) is 2.48. The first kappa shape index (κ1) is 7.11. The molecule has 1 aliphatic heterocycles. The van der Waals surface area contributed by atoms with E-state index in [0.717, 1.165) is 0 Å². The van der Waals surface area contributed by atoms with Crippen molar-refractivity contribution in [2.75, 3.05) is 0 Å². The van der Waals surface area contributed by atoms with Crippen molar-refractivity contribution in [2.24, 2.45) is 0 Å². The fourth-order valence-electron chi connectivity index (χ4n) is 1.59. The lowest BCUT2D eigenvalue weighted by atomic mass is 10.2. The summed E-state index contributed by atoms with van der Waals surface area (Å²) in [5.74, 6) is 0. The molecule has 1 aliphatic rings. The zero-order valence-electron chi connectivity index (χ0n) is 6.93. The normalized spacial score (nSPS) is 17.9. The van der Waals surface area contributed by atoms with Crippen molar-refractivity contribution < 1.29 is 0 Å². The summed E-state index contributed by atoms with van der Waals surface area (Å²) < 4.78 is 0. The van der Waals surface area contributed by atoms with Crippen LogP contribution in [0, 0.1) is 6.92 Å². The van der Waals surface area contributed by atoms with E-state index >= 15 is 0 Å². The topological polar surface area (TPSA) is 0 Å². The molecule has 0 N–H and O–H groups in total. The molecule has 1 fully saturated rings. The van der Waals surface area contributed by atoms with Crippen LogP contribution < -0.4 is 5.19 Å². The minimum atomic E-state index is -0.0561. The molecule has 2 rings (SSSR count). The van der Waals surface area contributed by atoms with E-state index in [1.165, 1.54) is 24.1 Å². The van der Waals surface area contributed by atoms with Gasteiger partial charge in [0.2, 0.25) is 0 Å². The van der Waals surface area contributed by atoms with E-state index in [1.54, 1.807) is 5.19 Å². The zero-order valence-corrected chi connectivity index (χ0v) is 7.93. The molecule has 1 saturated heterocycles. The number of hydrogen-bond donors (Lipinski definition) is 0. The Morgan fingerprint density at radius 2 is 1.91 bits per heavy atom. The highest BCUT2D eigenvalue weighted by Crippen LogP contribution is 2.20. The summed E-state index contributed by atoms with van der Waals surface area (Å²) in [6.45, 7) is 2.24. The molecule has 0 atom stereocenters. The Morgan fingerprint density at radius 1 is 1.18 bits per heavy atom.